The molecule has 1 aromatic heterocycles. The van der Waals surface area contributed by atoms with Gasteiger partial charge in [-0.15, -0.1) is 0 Å². The van der Waals surface area contributed by atoms with E-state index in [0.29, 0.717) is 11.2 Å². The van der Waals surface area contributed by atoms with Gasteiger partial charge in [0.2, 0.25) is 0 Å². The number of ether oxygens (including phenoxy) is 1. The number of hydrogen-bond donors (Lipinski definition) is 0. The average molecular weight is 470 g/mol. The molecule has 7 nitrogen and oxygen atoms in total. The van der Waals surface area contributed by atoms with Crippen LogP contribution in [0.3, 0.4) is 0 Å². The number of para-hydroxylation sites is 1. The van der Waals surface area contributed by atoms with Crippen molar-refractivity contribution in [3.05, 3.63) is 36.0 Å². The van der Waals surface area contributed by atoms with Gasteiger partial charge in [-0.05, 0) is 51.0 Å². The summed E-state index contributed by atoms with van der Waals surface area (Å²) in [6, 6.07) is 9.06. The van der Waals surface area contributed by atoms with Crippen LogP contribution >= 0.6 is 0 Å². The second-order valence-electron chi connectivity index (χ2n) is 10.3. The topological polar surface area (TPSA) is 83.8 Å². The van der Waals surface area contributed by atoms with Crippen molar-refractivity contribution in [1.29, 1.82) is 0 Å². The van der Waals surface area contributed by atoms with Crippen molar-refractivity contribution in [3.8, 4) is 0 Å². The predicted molar refractivity (Wildman–Crippen MR) is 125 cm³/mol. The third-order valence-electron chi connectivity index (χ3n) is 5.34. The first-order chi connectivity index (χ1) is 13.9. The summed E-state index contributed by atoms with van der Waals surface area (Å²) in [5, 5.41) is 0.707. The quantitative estimate of drug-likeness (QED) is 0.412. The van der Waals surface area contributed by atoms with Crippen molar-refractivity contribution in [2.45, 2.75) is 71.4 Å². The van der Waals surface area contributed by atoms with Crippen LogP contribution in [0.4, 0.5) is 4.79 Å². The van der Waals surface area contributed by atoms with Crippen LogP contribution in [0.5, 0.6) is 0 Å². The van der Waals surface area contributed by atoms with Crippen LogP contribution in [0, 0.1) is 0 Å². The Morgan fingerprint density at radius 1 is 1.10 bits per heavy atom. The summed E-state index contributed by atoms with van der Waals surface area (Å²) in [7, 11) is -6.02. The zero-order chi connectivity index (χ0) is 23.8. The minimum atomic E-state index is -3.82. The molecule has 1 unspecified atom stereocenters. The van der Waals surface area contributed by atoms with E-state index in [1.807, 2.05) is 18.2 Å². The van der Waals surface area contributed by atoms with E-state index in [1.165, 1.54) is 4.57 Å². The smallest absolute Gasteiger partial charge is 0.419 e. The molecule has 0 fully saturated rings. The molecular weight excluding hydrogens is 434 g/mol. The van der Waals surface area contributed by atoms with Gasteiger partial charge < -0.3 is 9.16 Å². The predicted octanol–water partition coefficient (Wildman–Crippen LogP) is 5.46. The van der Waals surface area contributed by atoms with Crippen molar-refractivity contribution < 1.29 is 26.6 Å². The second kappa shape index (κ2) is 8.69. The third-order valence-corrected chi connectivity index (χ3v) is 10.4. The molecule has 0 saturated carbocycles. The molecule has 174 valence electrons. The van der Waals surface area contributed by atoms with Crippen molar-refractivity contribution in [2.24, 2.45) is 0 Å². The highest BCUT2D eigenvalue weighted by Gasteiger charge is 2.39. The number of fused-ring (bicyclic) bond motifs is 1. The monoisotopic (exact) mass is 469 g/mol. The number of carbonyl (C=O) groups is 1. The van der Waals surface area contributed by atoms with Gasteiger partial charge in [0, 0.05) is 5.39 Å². The molecule has 0 amide bonds. The molecule has 0 aliphatic carbocycles. The van der Waals surface area contributed by atoms with Gasteiger partial charge in [0.1, 0.15) is 11.7 Å². The van der Waals surface area contributed by atoms with E-state index < -0.39 is 36.2 Å². The minimum absolute atomic E-state index is 0.00266. The summed E-state index contributed by atoms with van der Waals surface area (Å²) in [5.74, 6) is 0. The minimum Gasteiger partial charge on any atom is -0.443 e. The van der Waals surface area contributed by atoms with E-state index in [2.05, 4.69) is 33.9 Å². The van der Waals surface area contributed by atoms with Crippen LogP contribution in [-0.4, -0.2) is 45.9 Å². The molecule has 0 N–H and O–H groups in total. The van der Waals surface area contributed by atoms with Gasteiger partial charge in [-0.2, -0.15) is 8.42 Å². The summed E-state index contributed by atoms with van der Waals surface area (Å²) in [6.45, 7) is 15.8. The Labute approximate surface area is 186 Å². The molecule has 0 aliphatic heterocycles. The average Bonchev–Trinajstić information content (AvgIpc) is 2.94. The van der Waals surface area contributed by atoms with Gasteiger partial charge >= 0.3 is 6.09 Å². The molecule has 2 aromatic rings. The number of aromatic nitrogens is 1. The van der Waals surface area contributed by atoms with Crippen LogP contribution in [-0.2, 0) is 23.5 Å². The van der Waals surface area contributed by atoms with Crippen molar-refractivity contribution in [1.82, 2.24) is 4.57 Å². The van der Waals surface area contributed by atoms with Crippen LogP contribution < -0.4 is 0 Å². The van der Waals surface area contributed by atoms with Crippen molar-refractivity contribution in [3.63, 3.8) is 0 Å². The van der Waals surface area contributed by atoms with E-state index in [0.717, 1.165) is 11.6 Å². The summed E-state index contributed by atoms with van der Waals surface area (Å²) < 4.78 is 42.8. The molecule has 0 spiro atoms. The van der Waals surface area contributed by atoms with Crippen molar-refractivity contribution >= 4 is 35.4 Å². The molecule has 0 bridgehead atoms. The Hall–Kier alpha value is -1.68. The normalized spacial score (nSPS) is 14.6. The molecule has 0 radical (unpaired) electrons. The fourth-order valence-electron chi connectivity index (χ4n) is 2.80. The van der Waals surface area contributed by atoms with Crippen LogP contribution in [0.15, 0.2) is 30.3 Å². The molecule has 1 aromatic carbocycles. The molecular formula is C22H35NO6SSi. The zero-order valence-corrected chi connectivity index (χ0v) is 21.8. The summed E-state index contributed by atoms with van der Waals surface area (Å²) in [4.78, 5) is 13.1. The summed E-state index contributed by atoms with van der Waals surface area (Å²) in [5.41, 5.74) is 0.269. The van der Waals surface area contributed by atoms with Crippen LogP contribution in [0.1, 0.15) is 53.3 Å². The van der Waals surface area contributed by atoms with E-state index in [9.17, 15) is 13.2 Å². The second-order valence-corrected chi connectivity index (χ2v) is 16.7. The number of benzene rings is 1. The maximum absolute atomic E-state index is 13.1. The largest absolute Gasteiger partial charge is 0.443 e. The number of rotatable bonds is 6. The number of carbonyl (C=O) groups excluding carboxylic acids is 1. The van der Waals surface area contributed by atoms with E-state index >= 15 is 0 Å². The highest BCUT2D eigenvalue weighted by atomic mass is 32.2. The number of hydrogen-bond acceptors (Lipinski definition) is 6. The summed E-state index contributed by atoms with van der Waals surface area (Å²) >= 11 is 0. The van der Waals surface area contributed by atoms with Gasteiger partial charge in [0.15, 0.2) is 8.32 Å². The van der Waals surface area contributed by atoms with E-state index in [-0.39, 0.29) is 11.6 Å². The lowest BCUT2D eigenvalue weighted by Gasteiger charge is -2.37. The number of nitrogens with zero attached hydrogens (tertiary/aromatic N) is 1. The van der Waals surface area contributed by atoms with Crippen molar-refractivity contribution in [2.75, 3.05) is 12.9 Å². The molecule has 1 heterocycles. The lowest BCUT2D eigenvalue weighted by Crippen LogP contribution is -2.42. The first-order valence-corrected chi connectivity index (χ1v) is 15.0. The molecule has 1 atom stereocenters. The Morgan fingerprint density at radius 3 is 2.19 bits per heavy atom. The Balaban J connectivity index is 2.58. The maximum atomic E-state index is 13.1. The van der Waals surface area contributed by atoms with E-state index in [4.69, 9.17) is 13.3 Å². The molecule has 31 heavy (non-hydrogen) atoms. The highest BCUT2D eigenvalue weighted by molar-refractivity contribution is 7.86. The Bertz CT molecular complexity index is 1040. The highest BCUT2D eigenvalue weighted by Crippen LogP contribution is 2.38. The lowest BCUT2D eigenvalue weighted by molar-refractivity contribution is 0.0515. The third kappa shape index (κ3) is 6.65. The molecule has 9 heteroatoms. The molecule has 2 rings (SSSR count). The zero-order valence-electron chi connectivity index (χ0n) is 20.0. The summed E-state index contributed by atoms with van der Waals surface area (Å²) in [6.07, 6.45) is -0.602. The first-order valence-electron chi connectivity index (χ1n) is 10.3. The Morgan fingerprint density at radius 2 is 1.68 bits per heavy atom. The molecule has 0 aliphatic rings. The molecule has 0 saturated heterocycles. The van der Waals surface area contributed by atoms with Gasteiger partial charge in [0.25, 0.3) is 10.1 Å². The van der Waals surface area contributed by atoms with Gasteiger partial charge in [0.05, 0.1) is 24.1 Å². The lowest BCUT2D eigenvalue weighted by atomic mass is 10.2. The van der Waals surface area contributed by atoms with Gasteiger partial charge in [-0.1, -0.05) is 39.0 Å². The fraction of sp³-hybridized carbons (Fsp3) is 0.591. The standard InChI is InChI=1S/C22H35NO6SSi/c1-21(2,3)28-20(24)23-17-13-11-10-12-16(17)14-18(23)19(29-30(7,25)26)15-27-31(8,9)22(4,5)6/h10-14,19H,15H2,1-9H3. The maximum Gasteiger partial charge on any atom is 0.419 e. The SMILES string of the molecule is CC(C)(C)OC(=O)n1c(C(CO[Si](C)(C)C(C)(C)C)OS(C)(=O)=O)cc2ccccc21. The van der Waals surface area contributed by atoms with Crippen LogP contribution in [0.25, 0.3) is 10.9 Å². The first kappa shape index (κ1) is 25.6. The van der Waals surface area contributed by atoms with Gasteiger partial charge in [-0.25, -0.2) is 9.36 Å². The Kier molecular flexibility index (Phi) is 7.17. The fourth-order valence-corrected chi connectivity index (χ4v) is 4.38. The van der Waals surface area contributed by atoms with E-state index in [1.54, 1.807) is 32.9 Å². The van der Waals surface area contributed by atoms with Crippen LogP contribution in [0.2, 0.25) is 18.1 Å². The van der Waals surface area contributed by atoms with Gasteiger partial charge in [-0.3, -0.25) is 4.18 Å².